The molecule has 1 aromatic heterocycles. The summed E-state index contributed by atoms with van der Waals surface area (Å²) in [6, 6.07) is 7.70. The molecule has 0 aliphatic rings. The van der Waals surface area contributed by atoms with Crippen LogP contribution in [0.2, 0.25) is 0 Å². The number of thioether (sulfide) groups is 1. The lowest BCUT2D eigenvalue weighted by Gasteiger charge is -1.99. The van der Waals surface area contributed by atoms with Crippen LogP contribution in [0.3, 0.4) is 0 Å². The number of carbonyl (C=O) groups is 1. The number of ether oxygens (including phenoxy) is 1. The molecular weight excluding hydrogens is 210 g/mol. The minimum atomic E-state index is -0.295. The van der Waals surface area contributed by atoms with Crippen LogP contribution in [0.25, 0.3) is 10.9 Å². The monoisotopic (exact) mass is 221 g/mol. The number of carbonyl (C=O) groups excluding carboxylic acids is 1. The van der Waals surface area contributed by atoms with E-state index in [9.17, 15) is 4.79 Å². The normalized spacial score (nSPS) is 10.5. The van der Waals surface area contributed by atoms with Gasteiger partial charge in [-0.15, -0.1) is 11.8 Å². The molecule has 0 unspecified atom stereocenters. The molecule has 0 radical (unpaired) electrons. The zero-order valence-electron chi connectivity index (χ0n) is 8.53. The number of rotatable bonds is 2. The first-order valence-corrected chi connectivity index (χ1v) is 5.73. The number of hydrogen-bond acceptors (Lipinski definition) is 3. The molecule has 0 bridgehead atoms. The summed E-state index contributed by atoms with van der Waals surface area (Å²) < 4.78 is 4.77. The van der Waals surface area contributed by atoms with Gasteiger partial charge in [0.15, 0.2) is 0 Å². The van der Waals surface area contributed by atoms with Gasteiger partial charge in [-0.05, 0) is 12.3 Å². The molecule has 3 nitrogen and oxygen atoms in total. The van der Waals surface area contributed by atoms with Gasteiger partial charge in [-0.3, -0.25) is 0 Å². The van der Waals surface area contributed by atoms with Gasteiger partial charge in [0.2, 0.25) is 0 Å². The van der Waals surface area contributed by atoms with E-state index in [4.69, 9.17) is 4.74 Å². The molecule has 0 saturated carbocycles. The van der Waals surface area contributed by atoms with E-state index in [0.29, 0.717) is 5.56 Å². The maximum absolute atomic E-state index is 11.6. The molecule has 0 aliphatic heterocycles. The standard InChI is InChI=1S/C11H11NO2S/c1-14-11(13)9-7-5-3-4-6-8(7)12-10(9)15-2/h3-6,12H,1-2H3. The van der Waals surface area contributed by atoms with Crippen molar-refractivity contribution in [3.63, 3.8) is 0 Å². The van der Waals surface area contributed by atoms with Crippen molar-refractivity contribution in [2.45, 2.75) is 5.03 Å². The Hall–Kier alpha value is -1.42. The van der Waals surface area contributed by atoms with Crippen LogP contribution in [0.5, 0.6) is 0 Å². The van der Waals surface area contributed by atoms with E-state index in [0.717, 1.165) is 15.9 Å². The zero-order chi connectivity index (χ0) is 10.8. The molecule has 0 saturated heterocycles. The third-order valence-corrected chi connectivity index (χ3v) is 2.98. The quantitative estimate of drug-likeness (QED) is 0.626. The van der Waals surface area contributed by atoms with Crippen molar-refractivity contribution in [3.8, 4) is 0 Å². The molecule has 0 amide bonds. The van der Waals surface area contributed by atoms with E-state index in [2.05, 4.69) is 4.98 Å². The Morgan fingerprint density at radius 1 is 1.40 bits per heavy atom. The first-order chi connectivity index (χ1) is 7.27. The van der Waals surface area contributed by atoms with Gasteiger partial charge in [0.1, 0.15) is 0 Å². The summed E-state index contributed by atoms with van der Waals surface area (Å²) in [5.74, 6) is -0.295. The Morgan fingerprint density at radius 2 is 2.13 bits per heavy atom. The second-order valence-electron chi connectivity index (χ2n) is 3.07. The molecule has 0 fully saturated rings. The summed E-state index contributed by atoms with van der Waals surface area (Å²) in [7, 11) is 1.40. The number of H-pyrrole nitrogens is 1. The van der Waals surface area contributed by atoms with Gasteiger partial charge in [-0.2, -0.15) is 0 Å². The van der Waals surface area contributed by atoms with Crippen molar-refractivity contribution in [1.29, 1.82) is 0 Å². The molecule has 1 N–H and O–H groups in total. The predicted molar refractivity (Wildman–Crippen MR) is 61.4 cm³/mol. The van der Waals surface area contributed by atoms with E-state index in [1.807, 2.05) is 30.5 Å². The smallest absolute Gasteiger partial charge is 0.341 e. The Bertz CT molecular complexity index is 504. The minimum absolute atomic E-state index is 0.295. The van der Waals surface area contributed by atoms with Gasteiger partial charge in [-0.25, -0.2) is 4.79 Å². The number of methoxy groups -OCH3 is 1. The second-order valence-corrected chi connectivity index (χ2v) is 3.89. The lowest BCUT2D eigenvalue weighted by atomic mass is 10.2. The molecule has 1 aromatic carbocycles. The highest BCUT2D eigenvalue weighted by Gasteiger charge is 2.17. The van der Waals surface area contributed by atoms with Crippen LogP contribution in [-0.4, -0.2) is 24.3 Å². The number of benzene rings is 1. The lowest BCUT2D eigenvalue weighted by molar-refractivity contribution is 0.0599. The van der Waals surface area contributed by atoms with Crippen LogP contribution < -0.4 is 0 Å². The number of aromatic amines is 1. The molecule has 15 heavy (non-hydrogen) atoms. The summed E-state index contributed by atoms with van der Waals surface area (Å²) in [6.07, 6.45) is 1.93. The molecule has 0 atom stereocenters. The van der Waals surface area contributed by atoms with Crippen LogP contribution in [0, 0.1) is 0 Å². The first-order valence-electron chi connectivity index (χ1n) is 4.51. The number of esters is 1. The van der Waals surface area contributed by atoms with Crippen LogP contribution in [0.15, 0.2) is 29.3 Å². The number of fused-ring (bicyclic) bond motifs is 1. The Kier molecular flexibility index (Phi) is 2.68. The highest BCUT2D eigenvalue weighted by atomic mass is 32.2. The number of nitrogens with one attached hydrogen (secondary N) is 1. The highest BCUT2D eigenvalue weighted by molar-refractivity contribution is 7.98. The molecule has 2 rings (SSSR count). The molecule has 0 spiro atoms. The SMILES string of the molecule is COC(=O)c1c(SC)[nH]c2ccccc12. The van der Waals surface area contributed by atoms with E-state index in [1.165, 1.54) is 18.9 Å². The Balaban J connectivity index is 2.72. The number of para-hydroxylation sites is 1. The Labute approximate surface area is 91.8 Å². The average molecular weight is 221 g/mol. The van der Waals surface area contributed by atoms with Gasteiger partial charge in [0.25, 0.3) is 0 Å². The average Bonchev–Trinajstić information content (AvgIpc) is 2.66. The molecule has 2 aromatic rings. The van der Waals surface area contributed by atoms with Gasteiger partial charge in [0.05, 0.1) is 17.7 Å². The van der Waals surface area contributed by atoms with Crippen LogP contribution in [0.4, 0.5) is 0 Å². The van der Waals surface area contributed by atoms with Crippen molar-refractivity contribution in [2.24, 2.45) is 0 Å². The molecule has 0 aliphatic carbocycles. The lowest BCUT2D eigenvalue weighted by Crippen LogP contribution is -2.01. The largest absolute Gasteiger partial charge is 0.465 e. The van der Waals surface area contributed by atoms with E-state index in [1.54, 1.807) is 0 Å². The molecular formula is C11H11NO2S. The molecule has 78 valence electrons. The van der Waals surface area contributed by atoms with E-state index >= 15 is 0 Å². The topological polar surface area (TPSA) is 42.1 Å². The Morgan fingerprint density at radius 3 is 2.80 bits per heavy atom. The summed E-state index contributed by atoms with van der Waals surface area (Å²) in [5.41, 5.74) is 1.59. The zero-order valence-corrected chi connectivity index (χ0v) is 9.35. The van der Waals surface area contributed by atoms with Gasteiger partial charge >= 0.3 is 5.97 Å². The maximum Gasteiger partial charge on any atom is 0.341 e. The maximum atomic E-state index is 11.6. The fourth-order valence-electron chi connectivity index (χ4n) is 1.58. The van der Waals surface area contributed by atoms with Gasteiger partial charge in [0, 0.05) is 10.9 Å². The highest BCUT2D eigenvalue weighted by Crippen LogP contribution is 2.28. The van der Waals surface area contributed by atoms with Crippen molar-refractivity contribution in [3.05, 3.63) is 29.8 Å². The summed E-state index contributed by atoms with van der Waals surface area (Å²) in [5, 5.41) is 1.76. The van der Waals surface area contributed by atoms with Crippen LogP contribution in [-0.2, 0) is 4.74 Å². The van der Waals surface area contributed by atoms with Gasteiger partial charge in [-0.1, -0.05) is 18.2 Å². The van der Waals surface area contributed by atoms with E-state index in [-0.39, 0.29) is 5.97 Å². The first kappa shape index (κ1) is 10.1. The fraction of sp³-hybridized carbons (Fsp3) is 0.182. The van der Waals surface area contributed by atoms with Crippen molar-refractivity contribution in [2.75, 3.05) is 13.4 Å². The summed E-state index contributed by atoms with van der Waals surface area (Å²) in [4.78, 5) is 14.8. The third kappa shape index (κ3) is 1.61. The summed E-state index contributed by atoms with van der Waals surface area (Å²) in [6.45, 7) is 0. The van der Waals surface area contributed by atoms with Crippen molar-refractivity contribution < 1.29 is 9.53 Å². The third-order valence-electron chi connectivity index (χ3n) is 2.27. The minimum Gasteiger partial charge on any atom is -0.465 e. The predicted octanol–water partition coefficient (Wildman–Crippen LogP) is 2.68. The summed E-state index contributed by atoms with van der Waals surface area (Å²) >= 11 is 1.51. The van der Waals surface area contributed by atoms with Crippen LogP contribution >= 0.6 is 11.8 Å². The molecule has 4 heteroatoms. The van der Waals surface area contributed by atoms with Gasteiger partial charge < -0.3 is 9.72 Å². The molecule has 1 heterocycles. The fourth-order valence-corrected chi connectivity index (χ4v) is 2.18. The number of aromatic nitrogens is 1. The number of hydrogen-bond donors (Lipinski definition) is 1. The van der Waals surface area contributed by atoms with Crippen LogP contribution in [0.1, 0.15) is 10.4 Å². The second kappa shape index (κ2) is 3.98. The van der Waals surface area contributed by atoms with Crippen molar-refractivity contribution >= 4 is 28.6 Å². The van der Waals surface area contributed by atoms with Crippen molar-refractivity contribution in [1.82, 2.24) is 4.98 Å². The van der Waals surface area contributed by atoms with E-state index < -0.39 is 0 Å².